The van der Waals surface area contributed by atoms with Gasteiger partial charge in [-0.25, -0.2) is 8.78 Å². The Bertz CT molecular complexity index is 571. The first-order chi connectivity index (χ1) is 10.2. The second kappa shape index (κ2) is 6.20. The first-order valence-corrected chi connectivity index (χ1v) is 7.07. The van der Waals surface area contributed by atoms with Gasteiger partial charge < -0.3 is 9.64 Å². The number of hydrogen-bond donors (Lipinski definition) is 0. The summed E-state index contributed by atoms with van der Waals surface area (Å²) in [4.78, 5) is 13.2. The highest BCUT2D eigenvalue weighted by Gasteiger charge is 2.47. The van der Waals surface area contributed by atoms with Gasteiger partial charge in [0.1, 0.15) is 17.4 Å². The largest absolute Gasteiger partial charge is 0.350 e. The molecular weight excluding hydrogens is 287 g/mol. The average Bonchev–Trinajstić information content (AvgIpc) is 2.59. The fraction of sp³-hybridized carbons (Fsp3) is 0.438. The van der Waals surface area contributed by atoms with Gasteiger partial charge >= 0.3 is 0 Å². The molecule has 0 bridgehead atoms. The molecule has 0 aliphatic carbocycles. The van der Waals surface area contributed by atoms with Crippen LogP contribution in [0, 0.1) is 11.6 Å². The number of hydrogen-bond acceptors (Lipinski definition) is 2. The van der Waals surface area contributed by atoms with Crippen LogP contribution in [0.3, 0.4) is 0 Å². The summed E-state index contributed by atoms with van der Waals surface area (Å²) in [5.41, 5.74) is -0.431. The van der Waals surface area contributed by atoms with Gasteiger partial charge in [0.05, 0.1) is 12.1 Å². The maximum atomic E-state index is 13.4. The molecule has 0 spiro atoms. The zero-order valence-corrected chi connectivity index (χ0v) is 12.7. The predicted octanol–water partition coefficient (Wildman–Crippen LogP) is 3.18. The molecule has 2 atom stereocenters. The molecule has 2 radical (unpaired) electrons. The van der Waals surface area contributed by atoms with Gasteiger partial charge in [0.2, 0.25) is 7.85 Å². The van der Waals surface area contributed by atoms with Crippen LogP contribution in [0.5, 0.6) is 0 Å². The van der Waals surface area contributed by atoms with Crippen LogP contribution in [0.1, 0.15) is 25.8 Å². The van der Waals surface area contributed by atoms with Gasteiger partial charge in [-0.05, 0) is 44.4 Å². The zero-order chi connectivity index (χ0) is 16.5. The summed E-state index contributed by atoms with van der Waals surface area (Å²) in [6.07, 6.45) is 2.12. The van der Waals surface area contributed by atoms with E-state index in [1.54, 1.807) is 19.9 Å². The average molecular weight is 305 g/mol. The Morgan fingerprint density at radius 1 is 1.41 bits per heavy atom. The van der Waals surface area contributed by atoms with Crippen molar-refractivity contribution in [3.8, 4) is 0 Å². The smallest absolute Gasteiger partial charge is 0.200 e. The number of rotatable bonds is 4. The molecule has 116 valence electrons. The summed E-state index contributed by atoms with van der Waals surface area (Å²) in [6.45, 7) is 7.15. The minimum absolute atomic E-state index is 0.250. The van der Waals surface area contributed by atoms with Gasteiger partial charge in [0, 0.05) is 6.07 Å². The van der Waals surface area contributed by atoms with Crippen LogP contribution in [0.15, 0.2) is 30.9 Å². The predicted molar refractivity (Wildman–Crippen MR) is 80.6 cm³/mol. The fourth-order valence-corrected chi connectivity index (χ4v) is 3.06. The number of carbonyl (C=O) groups excluding carboxylic acids is 1. The number of carbonyl (C=O) groups is 1. The van der Waals surface area contributed by atoms with Crippen LogP contribution in [-0.4, -0.2) is 36.4 Å². The maximum Gasteiger partial charge on any atom is 0.200 e. The number of benzene rings is 1. The fourth-order valence-electron chi connectivity index (χ4n) is 3.06. The third-order valence-electron chi connectivity index (χ3n) is 3.78. The van der Waals surface area contributed by atoms with E-state index < -0.39 is 29.2 Å². The van der Waals surface area contributed by atoms with Gasteiger partial charge in [-0.15, -0.1) is 6.58 Å². The summed E-state index contributed by atoms with van der Waals surface area (Å²) in [5.74, 6) is -1.93. The molecule has 0 aromatic heterocycles. The van der Waals surface area contributed by atoms with Crippen molar-refractivity contribution in [1.82, 2.24) is 4.90 Å². The molecule has 0 unspecified atom stereocenters. The standard InChI is InChI=1S/C16H18BF2NO2/c1-4-5-14-13(20(15(17)21)16(2,3)22-14)8-10-6-11(18)9-12(19)7-10/h4,6-7,9,13-14H,1,5,8H2,2-3H3/t13-,14+/m0/s1. The molecule has 1 fully saturated rings. The molecule has 0 saturated carbocycles. The zero-order valence-electron chi connectivity index (χ0n) is 12.7. The Morgan fingerprint density at radius 2 is 2.00 bits per heavy atom. The van der Waals surface area contributed by atoms with Gasteiger partial charge in [-0.1, -0.05) is 6.08 Å². The number of nitrogens with zero attached hydrogens (tertiary/aromatic N) is 1. The number of halogens is 2. The Hall–Kier alpha value is -1.69. The van der Waals surface area contributed by atoms with E-state index in [2.05, 4.69) is 6.58 Å². The molecule has 2 rings (SSSR count). The van der Waals surface area contributed by atoms with Crippen LogP contribution >= 0.6 is 0 Å². The van der Waals surface area contributed by atoms with Crippen molar-refractivity contribution in [3.63, 3.8) is 0 Å². The second-order valence-corrected chi connectivity index (χ2v) is 5.88. The van der Waals surface area contributed by atoms with E-state index >= 15 is 0 Å². The first-order valence-electron chi connectivity index (χ1n) is 7.07. The monoisotopic (exact) mass is 305 g/mol. The van der Waals surface area contributed by atoms with Crippen molar-refractivity contribution in [1.29, 1.82) is 0 Å². The van der Waals surface area contributed by atoms with Gasteiger partial charge in [-0.2, -0.15) is 0 Å². The number of ether oxygens (including phenoxy) is 1. The van der Waals surface area contributed by atoms with Gasteiger partial charge in [0.25, 0.3) is 0 Å². The molecule has 1 amide bonds. The highest BCUT2D eigenvalue weighted by atomic mass is 19.1. The second-order valence-electron chi connectivity index (χ2n) is 5.88. The Morgan fingerprint density at radius 3 is 2.50 bits per heavy atom. The Labute approximate surface area is 130 Å². The number of amides is 1. The van der Waals surface area contributed by atoms with Crippen molar-refractivity contribution in [2.24, 2.45) is 0 Å². The highest BCUT2D eigenvalue weighted by molar-refractivity contribution is 6.57. The van der Waals surface area contributed by atoms with Crippen molar-refractivity contribution in [2.75, 3.05) is 0 Å². The maximum absolute atomic E-state index is 13.4. The molecule has 1 heterocycles. The van der Waals surface area contributed by atoms with Gasteiger partial charge in [-0.3, -0.25) is 4.79 Å². The van der Waals surface area contributed by atoms with E-state index in [0.717, 1.165) is 6.07 Å². The molecule has 0 N–H and O–H groups in total. The third-order valence-corrected chi connectivity index (χ3v) is 3.78. The summed E-state index contributed by atoms with van der Waals surface area (Å²) >= 11 is 0. The highest BCUT2D eigenvalue weighted by Crippen LogP contribution is 2.35. The van der Waals surface area contributed by atoms with E-state index in [-0.39, 0.29) is 12.5 Å². The van der Waals surface area contributed by atoms with Crippen molar-refractivity contribution >= 4 is 13.7 Å². The lowest BCUT2D eigenvalue weighted by Gasteiger charge is -2.33. The quantitative estimate of drug-likeness (QED) is 0.631. The van der Waals surface area contributed by atoms with E-state index in [4.69, 9.17) is 12.6 Å². The SMILES string of the molecule is [B]C(=O)N1[C@@H](Cc2cc(F)cc(F)c2)[C@@H](CC=C)OC1(C)C. The molecule has 3 nitrogen and oxygen atoms in total. The van der Waals surface area contributed by atoms with Crippen LogP contribution in [0.4, 0.5) is 13.6 Å². The van der Waals surface area contributed by atoms with Crippen molar-refractivity contribution < 1.29 is 18.3 Å². The molecule has 1 aromatic rings. The van der Waals surface area contributed by atoms with Crippen molar-refractivity contribution in [2.45, 2.75) is 44.6 Å². The Kier molecular flexibility index (Phi) is 4.70. The van der Waals surface area contributed by atoms with Crippen molar-refractivity contribution in [3.05, 3.63) is 48.1 Å². The van der Waals surface area contributed by atoms with Crippen LogP contribution < -0.4 is 0 Å². The van der Waals surface area contributed by atoms with E-state index in [1.807, 2.05) is 0 Å². The molecule has 1 aliphatic rings. The summed E-state index contributed by atoms with van der Waals surface area (Å²) in [7, 11) is 5.47. The normalized spacial score (nSPS) is 23.5. The lowest BCUT2D eigenvalue weighted by molar-refractivity contribution is -0.0564. The van der Waals surface area contributed by atoms with E-state index in [9.17, 15) is 13.6 Å². The lowest BCUT2D eigenvalue weighted by Crippen LogP contribution is -2.48. The summed E-state index contributed by atoms with van der Waals surface area (Å²) in [6, 6.07) is 2.90. The molecule has 1 aromatic carbocycles. The minimum atomic E-state index is -0.879. The molecular formula is C16H18BF2NO2. The molecule has 6 heteroatoms. The summed E-state index contributed by atoms with van der Waals surface area (Å²) in [5, 5.41) is 0. The Balaban J connectivity index is 2.34. The molecule has 22 heavy (non-hydrogen) atoms. The third kappa shape index (κ3) is 3.38. The van der Waals surface area contributed by atoms with Crippen LogP contribution in [0.25, 0.3) is 0 Å². The van der Waals surface area contributed by atoms with Gasteiger partial charge in [0.15, 0.2) is 5.81 Å². The van der Waals surface area contributed by atoms with E-state index in [0.29, 0.717) is 12.0 Å². The van der Waals surface area contributed by atoms with Crippen LogP contribution in [-0.2, 0) is 11.2 Å². The topological polar surface area (TPSA) is 29.5 Å². The minimum Gasteiger partial charge on any atom is -0.350 e. The van der Waals surface area contributed by atoms with Crippen LogP contribution in [0.2, 0.25) is 0 Å². The molecule has 1 aliphatic heterocycles. The first kappa shape index (κ1) is 16.7. The summed E-state index contributed by atoms with van der Waals surface area (Å²) < 4.78 is 32.6. The lowest BCUT2D eigenvalue weighted by atomic mass is 9.95. The van der Waals surface area contributed by atoms with E-state index in [1.165, 1.54) is 17.0 Å². The molecule has 1 saturated heterocycles.